The highest BCUT2D eigenvalue weighted by Crippen LogP contribution is 2.22. The second-order valence-electron chi connectivity index (χ2n) is 5.69. The maximum absolute atomic E-state index is 12.2. The van der Waals surface area contributed by atoms with E-state index in [1.54, 1.807) is 0 Å². The fraction of sp³-hybridized carbons (Fsp3) is 0.588. The van der Waals surface area contributed by atoms with E-state index in [-0.39, 0.29) is 6.04 Å². The number of likely N-dealkylation sites (tertiary alicyclic amines) is 1. The number of carbonyl (C=O) groups is 1. The van der Waals surface area contributed by atoms with Crippen molar-refractivity contribution < 1.29 is 4.79 Å². The van der Waals surface area contributed by atoms with Crippen LogP contribution in [0, 0.1) is 6.92 Å². The normalized spacial score (nSPS) is 20.4. The van der Waals surface area contributed by atoms with Crippen LogP contribution in [-0.2, 0) is 11.3 Å². The van der Waals surface area contributed by atoms with Crippen LogP contribution >= 0.6 is 0 Å². The van der Waals surface area contributed by atoms with Gasteiger partial charge < -0.3 is 0 Å². The number of Topliss-reactive ketones (excluding diaryl/α,β-unsaturated/α-hetero) is 1. The Morgan fingerprint density at radius 3 is 2.95 bits per heavy atom. The minimum Gasteiger partial charge on any atom is -0.298 e. The van der Waals surface area contributed by atoms with Crippen LogP contribution in [0.3, 0.4) is 0 Å². The smallest absolute Gasteiger partial charge is 0.149 e. The number of rotatable bonds is 5. The number of aryl methyl sites for hydroxylation is 1. The molecule has 1 saturated heterocycles. The quantitative estimate of drug-likeness (QED) is 0.803. The molecule has 1 aromatic carbocycles. The van der Waals surface area contributed by atoms with Gasteiger partial charge in [0.1, 0.15) is 5.78 Å². The van der Waals surface area contributed by atoms with Crippen molar-refractivity contribution >= 4 is 5.78 Å². The SMILES string of the molecule is CCCC(=O)C1CCCCN1Cc1cccc(C)c1. The first-order chi connectivity index (χ1) is 9.20. The van der Waals surface area contributed by atoms with Crippen molar-refractivity contribution in [2.75, 3.05) is 6.54 Å². The third kappa shape index (κ3) is 3.90. The molecule has 2 rings (SSSR count). The van der Waals surface area contributed by atoms with E-state index < -0.39 is 0 Å². The minimum absolute atomic E-state index is 0.161. The molecule has 0 aliphatic carbocycles. The minimum atomic E-state index is 0.161. The van der Waals surface area contributed by atoms with Crippen LogP contribution in [0.1, 0.15) is 50.2 Å². The summed E-state index contributed by atoms with van der Waals surface area (Å²) in [6.07, 6.45) is 5.17. The fourth-order valence-electron chi connectivity index (χ4n) is 3.00. The zero-order chi connectivity index (χ0) is 13.7. The van der Waals surface area contributed by atoms with Crippen molar-refractivity contribution in [3.63, 3.8) is 0 Å². The van der Waals surface area contributed by atoms with E-state index in [2.05, 4.69) is 43.0 Å². The van der Waals surface area contributed by atoms with Crippen molar-refractivity contribution in [2.45, 2.75) is 58.5 Å². The monoisotopic (exact) mass is 259 g/mol. The molecular weight excluding hydrogens is 234 g/mol. The summed E-state index contributed by atoms with van der Waals surface area (Å²) in [5.74, 6) is 0.440. The molecule has 2 nitrogen and oxygen atoms in total. The first-order valence-corrected chi connectivity index (χ1v) is 7.53. The van der Waals surface area contributed by atoms with Gasteiger partial charge in [0.15, 0.2) is 0 Å². The Labute approximate surface area is 116 Å². The summed E-state index contributed by atoms with van der Waals surface area (Å²) in [5, 5.41) is 0. The number of carbonyl (C=O) groups excluding carboxylic acids is 1. The van der Waals surface area contributed by atoms with Gasteiger partial charge in [-0.05, 0) is 38.3 Å². The van der Waals surface area contributed by atoms with Gasteiger partial charge in [-0.15, -0.1) is 0 Å². The van der Waals surface area contributed by atoms with Crippen LogP contribution in [-0.4, -0.2) is 23.3 Å². The number of nitrogens with zero attached hydrogens (tertiary/aromatic N) is 1. The molecule has 104 valence electrons. The Morgan fingerprint density at radius 2 is 2.21 bits per heavy atom. The van der Waals surface area contributed by atoms with Crippen molar-refractivity contribution in [3.05, 3.63) is 35.4 Å². The number of benzene rings is 1. The molecule has 1 atom stereocenters. The Kier molecular flexibility index (Phi) is 5.15. The second-order valence-corrected chi connectivity index (χ2v) is 5.69. The van der Waals surface area contributed by atoms with Crippen LogP contribution in [0.5, 0.6) is 0 Å². The summed E-state index contributed by atoms with van der Waals surface area (Å²) >= 11 is 0. The Hall–Kier alpha value is -1.15. The van der Waals surface area contributed by atoms with Gasteiger partial charge >= 0.3 is 0 Å². The molecule has 0 radical (unpaired) electrons. The molecule has 1 aliphatic rings. The van der Waals surface area contributed by atoms with E-state index in [1.165, 1.54) is 24.0 Å². The van der Waals surface area contributed by atoms with Gasteiger partial charge in [0.2, 0.25) is 0 Å². The summed E-state index contributed by atoms with van der Waals surface area (Å²) < 4.78 is 0. The third-order valence-electron chi connectivity index (χ3n) is 3.95. The maximum Gasteiger partial charge on any atom is 0.149 e. The molecule has 1 unspecified atom stereocenters. The number of ketones is 1. The van der Waals surface area contributed by atoms with E-state index in [0.29, 0.717) is 5.78 Å². The van der Waals surface area contributed by atoms with Crippen molar-refractivity contribution in [3.8, 4) is 0 Å². The van der Waals surface area contributed by atoms with Crippen molar-refractivity contribution in [1.29, 1.82) is 0 Å². The zero-order valence-corrected chi connectivity index (χ0v) is 12.2. The second kappa shape index (κ2) is 6.85. The van der Waals surface area contributed by atoms with E-state index in [0.717, 1.165) is 32.4 Å². The van der Waals surface area contributed by atoms with E-state index in [9.17, 15) is 4.79 Å². The molecular formula is C17H25NO. The Balaban J connectivity index is 2.05. The van der Waals surface area contributed by atoms with Gasteiger partial charge in [0, 0.05) is 13.0 Å². The largest absolute Gasteiger partial charge is 0.298 e. The van der Waals surface area contributed by atoms with E-state index >= 15 is 0 Å². The molecule has 2 heteroatoms. The fourth-order valence-corrected chi connectivity index (χ4v) is 3.00. The summed E-state index contributed by atoms with van der Waals surface area (Å²) in [6.45, 7) is 6.20. The summed E-state index contributed by atoms with van der Waals surface area (Å²) in [6, 6.07) is 8.80. The van der Waals surface area contributed by atoms with Gasteiger partial charge in [-0.25, -0.2) is 0 Å². The average Bonchev–Trinajstić information content (AvgIpc) is 2.39. The molecule has 0 amide bonds. The Morgan fingerprint density at radius 1 is 1.37 bits per heavy atom. The van der Waals surface area contributed by atoms with Gasteiger partial charge in [0.25, 0.3) is 0 Å². The van der Waals surface area contributed by atoms with Crippen LogP contribution in [0.4, 0.5) is 0 Å². The zero-order valence-electron chi connectivity index (χ0n) is 12.2. The van der Waals surface area contributed by atoms with Crippen LogP contribution in [0.15, 0.2) is 24.3 Å². The molecule has 1 fully saturated rings. The molecule has 1 aliphatic heterocycles. The van der Waals surface area contributed by atoms with E-state index in [4.69, 9.17) is 0 Å². The van der Waals surface area contributed by atoms with E-state index in [1.807, 2.05) is 0 Å². The highest BCUT2D eigenvalue weighted by atomic mass is 16.1. The summed E-state index contributed by atoms with van der Waals surface area (Å²) in [7, 11) is 0. The molecule has 0 N–H and O–H groups in total. The highest BCUT2D eigenvalue weighted by Gasteiger charge is 2.27. The summed E-state index contributed by atoms with van der Waals surface area (Å²) in [4.78, 5) is 14.6. The molecule has 19 heavy (non-hydrogen) atoms. The number of hydrogen-bond acceptors (Lipinski definition) is 2. The van der Waals surface area contributed by atoms with Crippen molar-refractivity contribution in [1.82, 2.24) is 4.90 Å². The molecule has 0 bridgehead atoms. The standard InChI is InChI=1S/C17H25NO/c1-3-7-17(19)16-10-4-5-11-18(16)13-15-9-6-8-14(2)12-15/h6,8-9,12,16H,3-5,7,10-11,13H2,1-2H3. The lowest BCUT2D eigenvalue weighted by molar-refractivity contribution is -0.125. The first kappa shape index (κ1) is 14.3. The maximum atomic E-state index is 12.2. The number of piperidine rings is 1. The van der Waals surface area contributed by atoms with Gasteiger partial charge in [0.05, 0.1) is 6.04 Å². The predicted molar refractivity (Wildman–Crippen MR) is 79.1 cm³/mol. The first-order valence-electron chi connectivity index (χ1n) is 7.53. The molecule has 0 spiro atoms. The van der Waals surface area contributed by atoms with Crippen molar-refractivity contribution in [2.24, 2.45) is 0 Å². The molecule has 1 heterocycles. The lowest BCUT2D eigenvalue weighted by Gasteiger charge is -2.34. The lowest BCUT2D eigenvalue weighted by atomic mass is 9.95. The van der Waals surface area contributed by atoms with Gasteiger partial charge in [-0.2, -0.15) is 0 Å². The third-order valence-corrected chi connectivity index (χ3v) is 3.95. The highest BCUT2D eigenvalue weighted by molar-refractivity contribution is 5.84. The number of hydrogen-bond donors (Lipinski definition) is 0. The van der Waals surface area contributed by atoms with Crippen LogP contribution in [0.25, 0.3) is 0 Å². The van der Waals surface area contributed by atoms with Gasteiger partial charge in [-0.1, -0.05) is 43.2 Å². The summed E-state index contributed by atoms with van der Waals surface area (Å²) in [5.41, 5.74) is 2.63. The molecule has 0 aromatic heterocycles. The molecule has 1 aromatic rings. The predicted octanol–water partition coefficient (Wildman–Crippen LogP) is 3.72. The van der Waals surface area contributed by atoms with Gasteiger partial charge in [-0.3, -0.25) is 9.69 Å². The average molecular weight is 259 g/mol. The Bertz CT molecular complexity index is 427. The molecule has 0 saturated carbocycles. The van der Waals surface area contributed by atoms with Crippen LogP contribution < -0.4 is 0 Å². The van der Waals surface area contributed by atoms with Crippen LogP contribution in [0.2, 0.25) is 0 Å². The topological polar surface area (TPSA) is 20.3 Å². The lowest BCUT2D eigenvalue weighted by Crippen LogP contribution is -2.44.